The van der Waals surface area contributed by atoms with Gasteiger partial charge >= 0.3 is 13.4 Å². The van der Waals surface area contributed by atoms with Gasteiger partial charge in [0.2, 0.25) is 5.95 Å². The molecule has 0 spiro atoms. The van der Waals surface area contributed by atoms with Crippen LogP contribution in [0.25, 0.3) is 22.3 Å². The van der Waals surface area contributed by atoms with Gasteiger partial charge in [0.15, 0.2) is 35.4 Å². The van der Waals surface area contributed by atoms with Crippen molar-refractivity contribution >= 4 is 71.0 Å². The first kappa shape index (κ1) is 30.8. The normalized spacial score (nSPS) is 39.7. The maximum atomic E-state index is 16.0. The third kappa shape index (κ3) is 4.91. The maximum absolute atomic E-state index is 16.0. The maximum Gasteiger partial charge on any atom is 0.325 e. The molecule has 4 aromatic rings. The van der Waals surface area contributed by atoms with Crippen LogP contribution in [0.2, 0.25) is 0 Å². The Morgan fingerprint density at radius 2 is 1.74 bits per heavy atom. The van der Waals surface area contributed by atoms with E-state index in [2.05, 4.69) is 24.9 Å². The zero-order valence-electron chi connectivity index (χ0n) is 23.1. The van der Waals surface area contributed by atoms with E-state index in [0.717, 1.165) is 0 Å². The number of nitrogens with zero attached hydrogens (tertiary/aromatic N) is 6. The number of alkyl halides is 1. The molecule has 4 bridgehead atoms. The van der Waals surface area contributed by atoms with Gasteiger partial charge in [-0.1, -0.05) is 0 Å². The van der Waals surface area contributed by atoms with Gasteiger partial charge in [0, 0.05) is 6.20 Å². The first-order valence-electron chi connectivity index (χ1n) is 13.5. The van der Waals surface area contributed by atoms with E-state index in [-0.39, 0.29) is 23.7 Å². The van der Waals surface area contributed by atoms with Crippen LogP contribution in [0.1, 0.15) is 12.5 Å². The Labute approximate surface area is 266 Å². The van der Waals surface area contributed by atoms with E-state index < -0.39 is 80.9 Å². The molecule has 4 fully saturated rings. The number of nitrogen functional groups attached to an aromatic ring is 2. The number of ether oxygens (including phenoxy) is 3. The lowest BCUT2D eigenvalue weighted by molar-refractivity contribution is -0.183. The van der Waals surface area contributed by atoms with Crippen LogP contribution in [0.15, 0.2) is 29.7 Å². The summed E-state index contributed by atoms with van der Waals surface area (Å²) >= 11 is 10.6. The number of anilines is 2. The van der Waals surface area contributed by atoms with E-state index >= 15 is 4.39 Å². The Kier molecular flexibility index (Phi) is 7.17. The highest BCUT2D eigenvalue weighted by Crippen LogP contribution is 2.58. The largest absolute Gasteiger partial charge is 0.397 e. The molecule has 10 atom stereocenters. The molecule has 0 saturated carbocycles. The van der Waals surface area contributed by atoms with Gasteiger partial charge in [-0.3, -0.25) is 28.0 Å². The number of aromatic nitrogens is 7. The molecule has 46 heavy (non-hydrogen) atoms. The molecule has 0 amide bonds. The fourth-order valence-electron chi connectivity index (χ4n) is 6.03. The average Bonchev–Trinajstić information content (AvgIpc) is 3.80. The second-order valence-corrected chi connectivity index (χ2v) is 16.5. The Morgan fingerprint density at radius 1 is 1.00 bits per heavy atom. The summed E-state index contributed by atoms with van der Waals surface area (Å²) < 4.78 is 60.1. The number of imidazole rings is 2. The van der Waals surface area contributed by atoms with Gasteiger partial charge in [-0.05, 0) is 29.7 Å². The highest BCUT2D eigenvalue weighted by atomic mass is 32.5. The van der Waals surface area contributed by atoms with Gasteiger partial charge in [-0.25, -0.2) is 19.3 Å². The summed E-state index contributed by atoms with van der Waals surface area (Å²) in [4.78, 5) is 53.8. The van der Waals surface area contributed by atoms with Crippen molar-refractivity contribution in [3.8, 4) is 0 Å². The molecular weight excluding hydrogens is 695 g/mol. The Bertz CT molecular complexity index is 2030. The molecule has 0 radical (unpaired) electrons. The molecular formula is C22H24FN9O10P2S2. The number of hydrogen-bond acceptors (Lipinski definition) is 16. The molecule has 2 unspecified atom stereocenters. The third-order valence-corrected chi connectivity index (χ3v) is 11.2. The quantitative estimate of drug-likeness (QED) is 0.169. The monoisotopic (exact) mass is 719 g/mol. The van der Waals surface area contributed by atoms with Crippen molar-refractivity contribution in [1.82, 2.24) is 34.1 Å². The van der Waals surface area contributed by atoms with Crippen LogP contribution in [-0.2, 0) is 55.9 Å². The number of fused-ring (bicyclic) bond motifs is 4. The number of H-pyrrole nitrogens is 1. The molecule has 4 aliphatic rings. The summed E-state index contributed by atoms with van der Waals surface area (Å²) in [5.74, 6) is -0.231. The van der Waals surface area contributed by atoms with E-state index in [0.29, 0.717) is 16.9 Å². The van der Waals surface area contributed by atoms with Crippen molar-refractivity contribution in [1.29, 1.82) is 0 Å². The molecule has 19 nitrogen and oxygen atoms in total. The molecule has 4 aliphatic heterocycles. The second-order valence-electron chi connectivity index (χ2n) is 11.0. The SMILES string of the molecule is Nc1nc2c(ncn2[C@@H]2O[C@@H]3COP(O)(=S)O[C@H]4[C@H]5OC[C@]4(COP(O)(=S)O[C@@H]2[C@H]3F)O[C@H]5n2cnc3c(N)ccnc32)c(=O)[nH]1. The van der Waals surface area contributed by atoms with Crippen LogP contribution >= 0.6 is 13.4 Å². The number of hydrogen-bond donors (Lipinski definition) is 5. The van der Waals surface area contributed by atoms with Gasteiger partial charge in [0.1, 0.15) is 35.5 Å². The minimum atomic E-state index is -4.29. The highest BCUT2D eigenvalue weighted by Gasteiger charge is 2.65. The average molecular weight is 720 g/mol. The number of pyridine rings is 1. The zero-order chi connectivity index (χ0) is 32.2. The van der Waals surface area contributed by atoms with Crippen LogP contribution in [0, 0.1) is 0 Å². The fourth-order valence-corrected chi connectivity index (χ4v) is 8.91. The van der Waals surface area contributed by atoms with Crippen LogP contribution in [0.4, 0.5) is 16.0 Å². The molecule has 246 valence electrons. The number of nitrogens with one attached hydrogen (secondary N) is 1. The van der Waals surface area contributed by atoms with E-state index in [9.17, 15) is 14.6 Å². The molecule has 0 aromatic carbocycles. The summed E-state index contributed by atoms with van der Waals surface area (Å²) in [6, 6.07) is 1.60. The molecule has 8 rings (SSSR count). The smallest absolute Gasteiger partial charge is 0.325 e. The Balaban J connectivity index is 1.14. The Morgan fingerprint density at radius 3 is 2.54 bits per heavy atom. The van der Waals surface area contributed by atoms with Crippen LogP contribution in [0.5, 0.6) is 0 Å². The van der Waals surface area contributed by atoms with Crippen molar-refractivity contribution < 1.29 is 46.5 Å². The van der Waals surface area contributed by atoms with Gasteiger partial charge in [0.25, 0.3) is 5.56 Å². The Hall–Kier alpha value is -2.56. The van der Waals surface area contributed by atoms with Crippen molar-refractivity contribution in [2.24, 2.45) is 0 Å². The second kappa shape index (κ2) is 10.7. The van der Waals surface area contributed by atoms with E-state index in [1.165, 1.54) is 23.4 Å². The first-order valence-corrected chi connectivity index (χ1v) is 18.7. The van der Waals surface area contributed by atoms with Crippen molar-refractivity contribution in [2.45, 2.75) is 48.6 Å². The highest BCUT2D eigenvalue weighted by molar-refractivity contribution is 8.07. The lowest BCUT2D eigenvalue weighted by atomic mass is 10.0. The number of rotatable bonds is 2. The van der Waals surface area contributed by atoms with Crippen molar-refractivity contribution in [3.63, 3.8) is 0 Å². The number of aromatic amines is 1. The van der Waals surface area contributed by atoms with E-state index in [1.54, 1.807) is 10.6 Å². The minimum absolute atomic E-state index is 0.0537. The predicted octanol–water partition coefficient (Wildman–Crippen LogP) is -0.118. The minimum Gasteiger partial charge on any atom is -0.397 e. The van der Waals surface area contributed by atoms with Gasteiger partial charge in [0.05, 0.1) is 38.2 Å². The lowest BCUT2D eigenvalue weighted by Crippen LogP contribution is -2.45. The number of halogens is 1. The summed E-state index contributed by atoms with van der Waals surface area (Å²) in [6.07, 6.45) is -5.25. The van der Waals surface area contributed by atoms with Crippen LogP contribution < -0.4 is 17.0 Å². The van der Waals surface area contributed by atoms with Gasteiger partial charge in [-0.2, -0.15) is 4.98 Å². The van der Waals surface area contributed by atoms with E-state index in [4.69, 9.17) is 67.4 Å². The first-order chi connectivity index (χ1) is 21.8. The fraction of sp³-hybridized carbons (Fsp3) is 0.500. The van der Waals surface area contributed by atoms with Gasteiger partial charge in [-0.15, -0.1) is 0 Å². The van der Waals surface area contributed by atoms with Crippen LogP contribution in [-0.4, -0.2) is 99.9 Å². The molecule has 4 aromatic heterocycles. The molecule has 24 heteroatoms. The van der Waals surface area contributed by atoms with Crippen molar-refractivity contribution in [2.75, 3.05) is 31.3 Å². The topological polar surface area (TPSA) is 251 Å². The van der Waals surface area contributed by atoms with E-state index in [1.807, 2.05) is 0 Å². The number of nitrogens with two attached hydrogens (primary N) is 2. The summed E-state index contributed by atoms with van der Waals surface area (Å²) in [5, 5.41) is 0. The molecule has 8 heterocycles. The third-order valence-electron chi connectivity index (χ3n) is 8.10. The van der Waals surface area contributed by atoms with Crippen LogP contribution in [0.3, 0.4) is 0 Å². The predicted molar refractivity (Wildman–Crippen MR) is 161 cm³/mol. The zero-order valence-corrected chi connectivity index (χ0v) is 26.5. The van der Waals surface area contributed by atoms with Crippen molar-refractivity contribution in [3.05, 3.63) is 35.3 Å². The molecule has 4 saturated heterocycles. The summed E-state index contributed by atoms with van der Waals surface area (Å²) in [6.45, 7) is -9.66. The summed E-state index contributed by atoms with van der Waals surface area (Å²) in [5.41, 5.74) is 10.7. The molecule has 7 N–H and O–H groups in total. The summed E-state index contributed by atoms with van der Waals surface area (Å²) in [7, 11) is 0. The molecule has 0 aliphatic carbocycles. The standard InChI is InChI=1S/C22H24FN9O10P2S2/c23-10-9-3-37-43(34,45)42-15-14-20(31-6-27-11-8(24)1-2-26-16(11)31)40-22(15,4-36-14)5-38-44(35,46)41-13(10)19(39-9)32-7-28-12-17(32)29-21(25)30-18(12)33/h1-2,6-7,9-10,13-15,19-20H,3-5H2,(H2,24,26)(H,34,45)(H,35,46)(H3,25,29,30,33)/t9-,10+,13-,14-,15+,19-,20-,22-,43?,44?/m1/s1. The lowest BCUT2D eigenvalue weighted by Gasteiger charge is -2.33. The van der Waals surface area contributed by atoms with Gasteiger partial charge < -0.3 is 44.5 Å².